The molecule has 0 atom stereocenters. The summed E-state index contributed by atoms with van der Waals surface area (Å²) < 4.78 is 24.4. The van der Waals surface area contributed by atoms with E-state index in [0.717, 1.165) is 18.4 Å². The summed E-state index contributed by atoms with van der Waals surface area (Å²) in [5, 5.41) is 0. The number of sulfonamides is 1. The van der Waals surface area contributed by atoms with Gasteiger partial charge in [0.25, 0.3) is 0 Å². The van der Waals surface area contributed by atoms with E-state index in [9.17, 15) is 8.42 Å². The minimum Gasteiger partial charge on any atom is -0.291 e. The van der Waals surface area contributed by atoms with Gasteiger partial charge >= 0.3 is 0 Å². The Bertz CT molecular complexity index is 500. The third-order valence-corrected chi connectivity index (χ3v) is 2.68. The Hall–Kier alpha value is -1.51. The first-order chi connectivity index (χ1) is 7.90. The minimum atomic E-state index is -3.21. The van der Waals surface area contributed by atoms with Gasteiger partial charge in [-0.3, -0.25) is 9.62 Å². The maximum absolute atomic E-state index is 11.0. The van der Waals surface area contributed by atoms with Crippen LogP contribution in [0.3, 0.4) is 0 Å². The van der Waals surface area contributed by atoms with Gasteiger partial charge in [-0.1, -0.05) is 18.1 Å². The second kappa shape index (κ2) is 5.71. The molecule has 4 nitrogen and oxygen atoms in total. The van der Waals surface area contributed by atoms with E-state index in [4.69, 9.17) is 6.42 Å². The summed E-state index contributed by atoms with van der Waals surface area (Å²) in [6.45, 7) is 1.33. The normalized spacial score (nSPS) is 11.2. The molecule has 0 heterocycles. The van der Waals surface area contributed by atoms with Crippen molar-refractivity contribution in [1.29, 1.82) is 0 Å². The van der Waals surface area contributed by atoms with Crippen molar-refractivity contribution < 1.29 is 8.42 Å². The molecule has 0 bridgehead atoms. The van der Waals surface area contributed by atoms with Gasteiger partial charge in [0.1, 0.15) is 0 Å². The molecule has 0 aliphatic rings. The monoisotopic (exact) mass is 252 g/mol. The van der Waals surface area contributed by atoms with Crippen molar-refractivity contribution in [3.63, 3.8) is 0 Å². The molecule has 0 spiro atoms. The second-order valence-electron chi connectivity index (χ2n) is 3.95. The predicted molar refractivity (Wildman–Crippen MR) is 70.1 cm³/mol. The molecular formula is C12H16N2O2S. The standard InChI is InChI=1S/C12H16N2O2S/c1-4-9-14(2)10-11-5-7-12(8-6-11)13-17(3,15)16/h1,5-8,13H,9-10H2,2-3H3. The van der Waals surface area contributed by atoms with Crippen LogP contribution in [0.15, 0.2) is 24.3 Å². The SMILES string of the molecule is C#CCN(C)Cc1ccc(NS(C)(=O)=O)cc1. The fourth-order valence-corrected chi connectivity index (χ4v) is 1.98. The Morgan fingerprint density at radius 1 is 1.35 bits per heavy atom. The fraction of sp³-hybridized carbons (Fsp3) is 0.333. The van der Waals surface area contributed by atoms with Crippen molar-refractivity contribution in [2.45, 2.75) is 6.54 Å². The first kappa shape index (κ1) is 13.6. The molecule has 1 aromatic rings. The molecule has 92 valence electrons. The lowest BCUT2D eigenvalue weighted by Gasteiger charge is -2.13. The smallest absolute Gasteiger partial charge is 0.229 e. The lowest BCUT2D eigenvalue weighted by atomic mass is 10.2. The summed E-state index contributed by atoms with van der Waals surface area (Å²) in [7, 11) is -1.28. The lowest BCUT2D eigenvalue weighted by molar-refractivity contribution is 0.369. The molecule has 0 saturated carbocycles. The number of nitrogens with one attached hydrogen (secondary N) is 1. The van der Waals surface area contributed by atoms with Gasteiger partial charge in [-0.2, -0.15) is 0 Å². The highest BCUT2D eigenvalue weighted by molar-refractivity contribution is 7.92. The Labute approximate surface area is 103 Å². The summed E-state index contributed by atoms with van der Waals surface area (Å²) in [5.41, 5.74) is 1.65. The molecule has 0 radical (unpaired) electrons. The third-order valence-electron chi connectivity index (χ3n) is 2.07. The molecule has 1 rings (SSSR count). The lowest BCUT2D eigenvalue weighted by Crippen LogP contribution is -2.17. The van der Waals surface area contributed by atoms with Gasteiger partial charge in [0, 0.05) is 12.2 Å². The van der Waals surface area contributed by atoms with Crippen molar-refractivity contribution >= 4 is 15.7 Å². The maximum atomic E-state index is 11.0. The third kappa shape index (κ3) is 5.38. The number of rotatable bonds is 5. The van der Waals surface area contributed by atoms with Crippen molar-refractivity contribution in [2.75, 3.05) is 24.6 Å². The van der Waals surface area contributed by atoms with Gasteiger partial charge in [0.2, 0.25) is 10.0 Å². The van der Waals surface area contributed by atoms with Crippen LogP contribution in [0.2, 0.25) is 0 Å². The van der Waals surface area contributed by atoms with E-state index in [2.05, 4.69) is 10.6 Å². The van der Waals surface area contributed by atoms with Gasteiger partial charge < -0.3 is 0 Å². The second-order valence-corrected chi connectivity index (χ2v) is 5.70. The average molecular weight is 252 g/mol. The van der Waals surface area contributed by atoms with E-state index in [1.165, 1.54) is 0 Å². The van der Waals surface area contributed by atoms with Crippen LogP contribution in [0.25, 0.3) is 0 Å². The Kier molecular flexibility index (Phi) is 4.55. The van der Waals surface area contributed by atoms with Gasteiger partial charge in [-0.05, 0) is 24.7 Å². The summed E-state index contributed by atoms with van der Waals surface area (Å²) in [5.74, 6) is 2.56. The van der Waals surface area contributed by atoms with Gasteiger partial charge in [0.15, 0.2) is 0 Å². The van der Waals surface area contributed by atoms with Gasteiger partial charge in [-0.15, -0.1) is 6.42 Å². The molecule has 0 aromatic heterocycles. The van der Waals surface area contributed by atoms with E-state index < -0.39 is 10.0 Å². The van der Waals surface area contributed by atoms with Crippen molar-refractivity contribution in [3.05, 3.63) is 29.8 Å². The Morgan fingerprint density at radius 2 is 1.94 bits per heavy atom. The summed E-state index contributed by atoms with van der Waals surface area (Å²) >= 11 is 0. The van der Waals surface area contributed by atoms with Crippen LogP contribution >= 0.6 is 0 Å². The van der Waals surface area contributed by atoms with Crippen LogP contribution in [0, 0.1) is 12.3 Å². The quantitative estimate of drug-likeness (QED) is 0.799. The zero-order valence-electron chi connectivity index (χ0n) is 9.97. The molecule has 1 aromatic carbocycles. The summed E-state index contributed by atoms with van der Waals surface area (Å²) in [6.07, 6.45) is 6.33. The number of terminal acetylenes is 1. The maximum Gasteiger partial charge on any atom is 0.229 e. The molecule has 0 unspecified atom stereocenters. The van der Waals surface area contributed by atoms with E-state index in [-0.39, 0.29) is 0 Å². The van der Waals surface area contributed by atoms with E-state index in [0.29, 0.717) is 12.2 Å². The zero-order valence-corrected chi connectivity index (χ0v) is 10.8. The predicted octanol–water partition coefficient (Wildman–Crippen LogP) is 1.12. The van der Waals surface area contributed by atoms with Crippen LogP contribution in [-0.4, -0.2) is 33.2 Å². The number of hydrogen-bond donors (Lipinski definition) is 1. The zero-order chi connectivity index (χ0) is 12.9. The van der Waals surface area contributed by atoms with Gasteiger partial charge in [0.05, 0.1) is 12.8 Å². The molecule has 0 aliphatic heterocycles. The van der Waals surface area contributed by atoms with Crippen LogP contribution in [0.1, 0.15) is 5.56 Å². The van der Waals surface area contributed by atoms with Crippen LogP contribution in [0.5, 0.6) is 0 Å². The van der Waals surface area contributed by atoms with Crippen molar-refractivity contribution in [3.8, 4) is 12.3 Å². The Morgan fingerprint density at radius 3 is 2.41 bits per heavy atom. The topological polar surface area (TPSA) is 49.4 Å². The molecular weight excluding hydrogens is 236 g/mol. The molecule has 17 heavy (non-hydrogen) atoms. The van der Waals surface area contributed by atoms with Crippen molar-refractivity contribution in [1.82, 2.24) is 4.90 Å². The van der Waals surface area contributed by atoms with E-state index >= 15 is 0 Å². The summed E-state index contributed by atoms with van der Waals surface area (Å²) in [6, 6.07) is 7.22. The highest BCUT2D eigenvalue weighted by atomic mass is 32.2. The Balaban J connectivity index is 2.66. The molecule has 0 fully saturated rings. The van der Waals surface area contributed by atoms with E-state index in [1.54, 1.807) is 12.1 Å². The number of benzene rings is 1. The first-order valence-electron chi connectivity index (χ1n) is 5.09. The van der Waals surface area contributed by atoms with Crippen LogP contribution < -0.4 is 4.72 Å². The van der Waals surface area contributed by atoms with Gasteiger partial charge in [-0.25, -0.2) is 8.42 Å². The average Bonchev–Trinajstić information content (AvgIpc) is 2.19. The number of anilines is 1. The highest BCUT2D eigenvalue weighted by Crippen LogP contribution is 2.11. The fourth-order valence-electron chi connectivity index (χ4n) is 1.42. The van der Waals surface area contributed by atoms with Crippen LogP contribution in [-0.2, 0) is 16.6 Å². The van der Waals surface area contributed by atoms with Crippen molar-refractivity contribution in [2.24, 2.45) is 0 Å². The summed E-state index contributed by atoms with van der Waals surface area (Å²) in [4.78, 5) is 2.00. The highest BCUT2D eigenvalue weighted by Gasteiger charge is 2.02. The molecule has 1 N–H and O–H groups in total. The molecule has 0 aliphatic carbocycles. The molecule has 0 saturated heterocycles. The number of nitrogens with zero attached hydrogens (tertiary/aromatic N) is 1. The van der Waals surface area contributed by atoms with E-state index in [1.807, 2.05) is 24.1 Å². The molecule has 0 amide bonds. The first-order valence-corrected chi connectivity index (χ1v) is 6.98. The molecule has 5 heteroatoms. The largest absolute Gasteiger partial charge is 0.291 e. The number of hydrogen-bond acceptors (Lipinski definition) is 3. The minimum absolute atomic E-state index is 0.566. The van der Waals surface area contributed by atoms with Crippen LogP contribution in [0.4, 0.5) is 5.69 Å².